The molecule has 0 radical (unpaired) electrons. The van der Waals surface area contributed by atoms with Gasteiger partial charge in [-0.2, -0.15) is 0 Å². The van der Waals surface area contributed by atoms with Crippen LogP contribution in [0, 0.1) is 0 Å². The second-order valence-electron chi connectivity index (χ2n) is 12.9. The molecule has 0 saturated carbocycles. The molecule has 242 valence electrons. The Hall–Kier alpha value is -6.49. The Morgan fingerprint density at radius 1 is 0.353 bits per heavy atom. The predicted octanol–water partition coefficient (Wildman–Crippen LogP) is 11.6. The second kappa shape index (κ2) is 13.4. The summed E-state index contributed by atoms with van der Waals surface area (Å²) in [5.74, 6) is 0. The van der Waals surface area contributed by atoms with Gasteiger partial charge in [-0.25, -0.2) is 4.98 Å². The first-order valence-corrected chi connectivity index (χ1v) is 17.2. The number of fused-ring (bicyclic) bond motifs is 3. The molecule has 4 heteroatoms. The number of hydrogen-bond acceptors (Lipinski definition) is 4. The molecule has 9 rings (SSSR count). The minimum absolute atomic E-state index is 0.557. The molecule has 0 aliphatic carbocycles. The second-order valence-corrected chi connectivity index (χ2v) is 12.9. The SMILES string of the molecule is c1ccc(-c2cc(-c3ccc4c(c3)-c3cc(-c5cc(-c6cccnc6)cc(-c6cccnc6)c5)ccc3COC4)cc(-c3ccccc3)n2)cc1. The fraction of sp³-hybridized carbons (Fsp3) is 0.0426. The normalized spacial score (nSPS) is 12.1. The van der Waals surface area contributed by atoms with Crippen molar-refractivity contribution in [1.29, 1.82) is 0 Å². The lowest BCUT2D eigenvalue weighted by Gasteiger charge is -2.15. The first-order chi connectivity index (χ1) is 25.2. The molecule has 4 nitrogen and oxygen atoms in total. The third-order valence-electron chi connectivity index (χ3n) is 9.58. The lowest BCUT2D eigenvalue weighted by Crippen LogP contribution is -1.94. The summed E-state index contributed by atoms with van der Waals surface area (Å²) in [5.41, 5.74) is 17.7. The maximum Gasteiger partial charge on any atom is 0.0727 e. The van der Waals surface area contributed by atoms with Crippen LogP contribution < -0.4 is 0 Å². The zero-order valence-electron chi connectivity index (χ0n) is 27.9. The molecule has 0 saturated heterocycles. The van der Waals surface area contributed by atoms with Gasteiger partial charge in [-0.1, -0.05) is 97.1 Å². The van der Waals surface area contributed by atoms with E-state index in [9.17, 15) is 0 Å². The third-order valence-corrected chi connectivity index (χ3v) is 9.58. The molecule has 51 heavy (non-hydrogen) atoms. The zero-order valence-corrected chi connectivity index (χ0v) is 27.9. The van der Waals surface area contributed by atoms with Crippen LogP contribution in [0.25, 0.3) is 78.1 Å². The summed E-state index contributed by atoms with van der Waals surface area (Å²) in [6, 6.07) is 53.7. The summed E-state index contributed by atoms with van der Waals surface area (Å²) < 4.78 is 6.22. The van der Waals surface area contributed by atoms with Crippen molar-refractivity contribution in [3.05, 3.63) is 188 Å². The van der Waals surface area contributed by atoms with Gasteiger partial charge in [0.15, 0.2) is 0 Å². The molecule has 3 aromatic heterocycles. The number of hydrogen-bond donors (Lipinski definition) is 0. The highest BCUT2D eigenvalue weighted by Gasteiger charge is 2.19. The van der Waals surface area contributed by atoms with Crippen molar-refractivity contribution >= 4 is 0 Å². The van der Waals surface area contributed by atoms with Gasteiger partial charge in [0.05, 0.1) is 24.6 Å². The molecular weight excluding hydrogens is 623 g/mol. The van der Waals surface area contributed by atoms with Crippen molar-refractivity contribution in [3.8, 4) is 78.1 Å². The summed E-state index contributed by atoms with van der Waals surface area (Å²) >= 11 is 0. The average molecular weight is 656 g/mol. The van der Waals surface area contributed by atoms with Crippen molar-refractivity contribution in [2.45, 2.75) is 13.2 Å². The van der Waals surface area contributed by atoms with Crippen LogP contribution in [0.15, 0.2) is 176 Å². The summed E-state index contributed by atoms with van der Waals surface area (Å²) in [4.78, 5) is 13.9. The van der Waals surface area contributed by atoms with Gasteiger partial charge in [0, 0.05) is 47.0 Å². The van der Waals surface area contributed by atoms with Crippen LogP contribution >= 0.6 is 0 Å². The number of rotatable bonds is 6. The summed E-state index contributed by atoms with van der Waals surface area (Å²) in [6.45, 7) is 1.12. The maximum absolute atomic E-state index is 6.22. The van der Waals surface area contributed by atoms with Gasteiger partial charge in [0.1, 0.15) is 0 Å². The lowest BCUT2D eigenvalue weighted by atomic mass is 9.89. The van der Waals surface area contributed by atoms with E-state index >= 15 is 0 Å². The summed E-state index contributed by atoms with van der Waals surface area (Å²) in [5, 5.41) is 0. The monoisotopic (exact) mass is 655 g/mol. The van der Waals surface area contributed by atoms with Crippen molar-refractivity contribution in [2.75, 3.05) is 0 Å². The van der Waals surface area contributed by atoms with Gasteiger partial charge < -0.3 is 4.74 Å². The maximum atomic E-state index is 6.22. The predicted molar refractivity (Wildman–Crippen MR) is 206 cm³/mol. The van der Waals surface area contributed by atoms with Crippen LogP contribution in [0.4, 0.5) is 0 Å². The first-order valence-electron chi connectivity index (χ1n) is 17.2. The molecular formula is C47H33N3O. The van der Waals surface area contributed by atoms with Crippen LogP contribution in [0.5, 0.6) is 0 Å². The number of pyridine rings is 3. The molecule has 1 aliphatic rings. The Bertz CT molecular complexity index is 2190. The van der Waals surface area contributed by atoms with Gasteiger partial charge in [-0.05, 0) is 110 Å². The molecule has 0 amide bonds. The molecule has 1 aliphatic heterocycles. The van der Waals surface area contributed by atoms with E-state index in [-0.39, 0.29) is 0 Å². The lowest BCUT2D eigenvalue weighted by molar-refractivity contribution is 0.110. The van der Waals surface area contributed by atoms with E-state index in [1.54, 1.807) is 0 Å². The minimum atomic E-state index is 0.557. The smallest absolute Gasteiger partial charge is 0.0727 e. The molecule has 0 fully saturated rings. The molecule has 0 bridgehead atoms. The van der Waals surface area contributed by atoms with E-state index in [0.29, 0.717) is 13.2 Å². The van der Waals surface area contributed by atoms with E-state index in [4.69, 9.17) is 9.72 Å². The number of nitrogens with zero attached hydrogens (tertiary/aromatic N) is 3. The van der Waals surface area contributed by atoms with E-state index in [2.05, 4.69) is 137 Å². The fourth-order valence-corrected chi connectivity index (χ4v) is 6.94. The van der Waals surface area contributed by atoms with Crippen molar-refractivity contribution in [1.82, 2.24) is 15.0 Å². The van der Waals surface area contributed by atoms with Crippen LogP contribution in [-0.4, -0.2) is 15.0 Å². The van der Waals surface area contributed by atoms with Crippen molar-refractivity contribution < 1.29 is 4.74 Å². The number of benzene rings is 5. The van der Waals surface area contributed by atoms with E-state index < -0.39 is 0 Å². The zero-order chi connectivity index (χ0) is 34.0. The molecule has 0 atom stereocenters. The van der Waals surface area contributed by atoms with Crippen LogP contribution in [0.3, 0.4) is 0 Å². The van der Waals surface area contributed by atoms with Gasteiger partial charge in [-0.3, -0.25) is 9.97 Å². The summed E-state index contributed by atoms with van der Waals surface area (Å²) in [7, 11) is 0. The molecule has 0 spiro atoms. The van der Waals surface area contributed by atoms with E-state index in [1.807, 2.05) is 49.1 Å². The number of ether oxygens (including phenoxy) is 1. The Balaban J connectivity index is 1.18. The molecule has 0 N–H and O–H groups in total. The largest absolute Gasteiger partial charge is 0.372 e. The standard InChI is InChI=1S/C47H33N3O/c1-3-9-32(10-4-1)46-26-43(27-47(50-46)33-11-5-2-6-12-33)35-16-18-39-31-51-30-38-17-15-34(24-44(38)45(39)25-35)40-21-41(36-13-7-19-48-28-36)23-42(22-40)37-14-8-20-49-29-37/h1-29H,30-31H2. The van der Waals surface area contributed by atoms with Crippen molar-refractivity contribution in [3.63, 3.8) is 0 Å². The highest BCUT2D eigenvalue weighted by molar-refractivity contribution is 5.86. The van der Waals surface area contributed by atoms with E-state index in [1.165, 1.54) is 22.3 Å². The minimum Gasteiger partial charge on any atom is -0.372 e. The Morgan fingerprint density at radius 3 is 1.24 bits per heavy atom. The highest BCUT2D eigenvalue weighted by atomic mass is 16.5. The van der Waals surface area contributed by atoms with Crippen LogP contribution in [0.2, 0.25) is 0 Å². The Morgan fingerprint density at radius 2 is 0.784 bits per heavy atom. The summed E-state index contributed by atoms with van der Waals surface area (Å²) in [6.07, 6.45) is 7.46. The molecule has 0 unspecified atom stereocenters. The Labute approximate surface area is 297 Å². The first kappa shape index (κ1) is 30.6. The molecule has 4 heterocycles. The van der Waals surface area contributed by atoms with Gasteiger partial charge in [0.2, 0.25) is 0 Å². The number of aromatic nitrogens is 3. The van der Waals surface area contributed by atoms with Gasteiger partial charge >= 0.3 is 0 Å². The van der Waals surface area contributed by atoms with Crippen LogP contribution in [0.1, 0.15) is 11.1 Å². The van der Waals surface area contributed by atoms with Gasteiger partial charge in [-0.15, -0.1) is 0 Å². The quantitative estimate of drug-likeness (QED) is 0.179. The Kier molecular flexibility index (Phi) is 8.05. The topological polar surface area (TPSA) is 47.9 Å². The highest BCUT2D eigenvalue weighted by Crippen LogP contribution is 2.40. The third kappa shape index (κ3) is 6.25. The van der Waals surface area contributed by atoms with Crippen molar-refractivity contribution in [2.24, 2.45) is 0 Å². The van der Waals surface area contributed by atoms with Gasteiger partial charge in [0.25, 0.3) is 0 Å². The van der Waals surface area contributed by atoms with E-state index in [0.717, 1.165) is 67.0 Å². The molecule has 5 aromatic carbocycles. The van der Waals surface area contributed by atoms with Crippen LogP contribution in [-0.2, 0) is 18.0 Å². The average Bonchev–Trinajstić information content (AvgIpc) is 3.40. The molecule has 8 aromatic rings. The fourth-order valence-electron chi connectivity index (χ4n) is 6.94.